The molecule has 6 heteroatoms. The first-order valence-electron chi connectivity index (χ1n) is 5.43. The van der Waals surface area contributed by atoms with Crippen LogP contribution in [0.15, 0.2) is 51.6 Å². The van der Waals surface area contributed by atoms with Crippen molar-refractivity contribution in [2.24, 2.45) is 0 Å². The third kappa shape index (κ3) is 2.52. The Kier molecular flexibility index (Phi) is 3.31. The van der Waals surface area contributed by atoms with Crippen molar-refractivity contribution in [2.45, 2.75) is 0 Å². The molecule has 0 atom stereocenters. The topological polar surface area (TPSA) is 51.8 Å². The highest BCUT2D eigenvalue weighted by Gasteiger charge is 2.13. The highest BCUT2D eigenvalue weighted by molar-refractivity contribution is 9.10. The highest BCUT2D eigenvalue weighted by Crippen LogP contribution is 2.31. The van der Waals surface area contributed by atoms with E-state index in [-0.39, 0.29) is 0 Å². The van der Waals surface area contributed by atoms with E-state index in [9.17, 15) is 0 Å². The Morgan fingerprint density at radius 3 is 2.53 bits per heavy atom. The number of benzene rings is 1. The fraction of sp³-hybridized carbons (Fsp3) is 0. The summed E-state index contributed by atoms with van der Waals surface area (Å²) in [5.41, 5.74) is 1.52. The molecule has 0 bridgehead atoms. The molecule has 0 unspecified atom stereocenters. The first-order valence-corrected chi connectivity index (χ1v) is 6.60. The highest BCUT2D eigenvalue weighted by atomic mass is 79.9. The van der Waals surface area contributed by atoms with Crippen molar-refractivity contribution in [3.05, 3.63) is 52.2 Å². The summed E-state index contributed by atoms with van der Waals surface area (Å²) in [7, 11) is 0. The molecule has 0 aliphatic carbocycles. The minimum Gasteiger partial charge on any atom is -0.416 e. The van der Waals surface area contributed by atoms with Gasteiger partial charge >= 0.3 is 0 Å². The first kappa shape index (κ1) is 12.3. The zero-order chi connectivity index (χ0) is 13.2. The Labute approximate surface area is 122 Å². The van der Waals surface area contributed by atoms with E-state index in [0.29, 0.717) is 22.4 Å². The van der Waals surface area contributed by atoms with Gasteiger partial charge in [-0.15, -0.1) is 10.2 Å². The zero-order valence-electron chi connectivity index (χ0n) is 9.55. The SMILES string of the molecule is Clc1ccc(Br)cc1-c1nnc(-c2ccncc2)o1. The minimum atomic E-state index is 0.387. The fourth-order valence-corrected chi connectivity index (χ4v) is 2.16. The Morgan fingerprint density at radius 1 is 1.00 bits per heavy atom. The van der Waals surface area contributed by atoms with Crippen LogP contribution in [0, 0.1) is 0 Å². The van der Waals surface area contributed by atoms with Crippen LogP contribution in [0.2, 0.25) is 5.02 Å². The maximum Gasteiger partial charge on any atom is 0.249 e. The van der Waals surface area contributed by atoms with Crippen molar-refractivity contribution in [1.82, 2.24) is 15.2 Å². The third-order valence-corrected chi connectivity index (χ3v) is 3.33. The maximum absolute atomic E-state index is 6.13. The molecule has 0 aliphatic rings. The second-order valence-corrected chi connectivity index (χ2v) is 5.10. The summed E-state index contributed by atoms with van der Waals surface area (Å²) in [6.07, 6.45) is 3.34. The van der Waals surface area contributed by atoms with E-state index in [1.165, 1.54) is 0 Å². The van der Waals surface area contributed by atoms with Gasteiger partial charge in [0.2, 0.25) is 11.8 Å². The van der Waals surface area contributed by atoms with Gasteiger partial charge in [-0.05, 0) is 30.3 Å². The summed E-state index contributed by atoms with van der Waals surface area (Å²) in [5.74, 6) is 0.826. The lowest BCUT2D eigenvalue weighted by molar-refractivity contribution is 0.584. The molecule has 0 saturated carbocycles. The molecular weight excluding hydrogens is 330 g/mol. The second-order valence-electron chi connectivity index (χ2n) is 3.77. The Morgan fingerprint density at radius 2 is 1.74 bits per heavy atom. The lowest BCUT2D eigenvalue weighted by Gasteiger charge is -1.99. The number of hydrogen-bond donors (Lipinski definition) is 0. The average molecular weight is 337 g/mol. The molecule has 2 heterocycles. The van der Waals surface area contributed by atoms with Gasteiger partial charge in [0, 0.05) is 22.4 Å². The molecule has 19 heavy (non-hydrogen) atoms. The van der Waals surface area contributed by atoms with Gasteiger partial charge in [0.15, 0.2) is 0 Å². The molecule has 0 radical (unpaired) electrons. The molecule has 1 aromatic carbocycles. The Hall–Kier alpha value is -1.72. The van der Waals surface area contributed by atoms with Gasteiger partial charge in [-0.25, -0.2) is 0 Å². The van der Waals surface area contributed by atoms with Crippen LogP contribution in [0.25, 0.3) is 22.9 Å². The predicted octanol–water partition coefficient (Wildman–Crippen LogP) is 4.21. The van der Waals surface area contributed by atoms with Crippen LogP contribution < -0.4 is 0 Å². The minimum absolute atomic E-state index is 0.387. The Bertz CT molecular complexity index is 715. The standard InChI is InChI=1S/C13H7BrClN3O/c14-9-1-2-11(15)10(7-9)13-18-17-12(19-13)8-3-5-16-6-4-8/h1-7H. The maximum atomic E-state index is 6.13. The molecule has 94 valence electrons. The first-order chi connectivity index (χ1) is 9.24. The molecule has 0 spiro atoms. The molecular formula is C13H7BrClN3O. The van der Waals surface area contributed by atoms with Crippen LogP contribution in [0.5, 0.6) is 0 Å². The van der Waals surface area contributed by atoms with Crippen LogP contribution in [0.1, 0.15) is 0 Å². The number of halogens is 2. The lowest BCUT2D eigenvalue weighted by atomic mass is 10.2. The molecule has 0 aliphatic heterocycles. The predicted molar refractivity (Wildman–Crippen MR) is 75.7 cm³/mol. The van der Waals surface area contributed by atoms with Crippen LogP contribution in [-0.2, 0) is 0 Å². The Balaban J connectivity index is 2.04. The van der Waals surface area contributed by atoms with Gasteiger partial charge in [-0.1, -0.05) is 27.5 Å². The van der Waals surface area contributed by atoms with E-state index in [1.54, 1.807) is 30.6 Å². The number of pyridine rings is 1. The van der Waals surface area contributed by atoms with E-state index in [1.807, 2.05) is 12.1 Å². The lowest BCUT2D eigenvalue weighted by Crippen LogP contribution is -1.80. The largest absolute Gasteiger partial charge is 0.416 e. The van der Waals surface area contributed by atoms with Crippen LogP contribution in [0.4, 0.5) is 0 Å². The summed E-state index contributed by atoms with van der Waals surface area (Å²) < 4.78 is 6.53. The van der Waals surface area contributed by atoms with Gasteiger partial charge in [0.05, 0.1) is 10.6 Å². The van der Waals surface area contributed by atoms with Gasteiger partial charge in [-0.2, -0.15) is 0 Å². The van der Waals surface area contributed by atoms with Crippen molar-refractivity contribution < 1.29 is 4.42 Å². The molecule has 3 rings (SSSR count). The molecule has 0 fully saturated rings. The quantitative estimate of drug-likeness (QED) is 0.703. The van der Waals surface area contributed by atoms with Crippen LogP contribution >= 0.6 is 27.5 Å². The monoisotopic (exact) mass is 335 g/mol. The van der Waals surface area contributed by atoms with Crippen LogP contribution in [0.3, 0.4) is 0 Å². The van der Waals surface area contributed by atoms with E-state index in [2.05, 4.69) is 31.1 Å². The molecule has 0 amide bonds. The summed E-state index contributed by atoms with van der Waals surface area (Å²) in [4.78, 5) is 3.94. The van der Waals surface area contributed by atoms with Gasteiger partial charge < -0.3 is 4.42 Å². The van der Waals surface area contributed by atoms with E-state index >= 15 is 0 Å². The smallest absolute Gasteiger partial charge is 0.249 e. The second kappa shape index (κ2) is 5.11. The van der Waals surface area contributed by atoms with Gasteiger partial charge in [-0.3, -0.25) is 4.98 Å². The van der Waals surface area contributed by atoms with Gasteiger partial charge in [0.1, 0.15) is 0 Å². The molecule has 4 nitrogen and oxygen atoms in total. The summed E-state index contributed by atoms with van der Waals surface area (Å²) >= 11 is 9.52. The van der Waals surface area contributed by atoms with E-state index in [4.69, 9.17) is 16.0 Å². The van der Waals surface area contributed by atoms with Crippen molar-refractivity contribution in [1.29, 1.82) is 0 Å². The molecule has 3 aromatic rings. The summed E-state index contributed by atoms with van der Waals surface area (Å²) in [6, 6.07) is 9.08. The number of nitrogens with zero attached hydrogens (tertiary/aromatic N) is 3. The van der Waals surface area contributed by atoms with E-state index < -0.39 is 0 Å². The van der Waals surface area contributed by atoms with Crippen LogP contribution in [-0.4, -0.2) is 15.2 Å². The average Bonchev–Trinajstić information content (AvgIpc) is 2.92. The summed E-state index contributed by atoms with van der Waals surface area (Å²) in [5, 5.41) is 8.60. The summed E-state index contributed by atoms with van der Waals surface area (Å²) in [6.45, 7) is 0. The van der Waals surface area contributed by atoms with E-state index in [0.717, 1.165) is 10.0 Å². The number of hydrogen-bond acceptors (Lipinski definition) is 4. The number of aromatic nitrogens is 3. The van der Waals surface area contributed by atoms with Crippen molar-refractivity contribution in [3.63, 3.8) is 0 Å². The van der Waals surface area contributed by atoms with Gasteiger partial charge in [0.25, 0.3) is 0 Å². The zero-order valence-corrected chi connectivity index (χ0v) is 11.9. The van der Waals surface area contributed by atoms with Crippen molar-refractivity contribution in [2.75, 3.05) is 0 Å². The molecule has 2 aromatic heterocycles. The molecule has 0 saturated heterocycles. The fourth-order valence-electron chi connectivity index (χ4n) is 1.60. The van der Waals surface area contributed by atoms with Crippen molar-refractivity contribution in [3.8, 4) is 22.9 Å². The molecule has 0 N–H and O–H groups in total. The van der Waals surface area contributed by atoms with Crippen molar-refractivity contribution >= 4 is 27.5 Å². The third-order valence-electron chi connectivity index (χ3n) is 2.51. The number of rotatable bonds is 2. The normalized spacial score (nSPS) is 10.6.